The summed E-state index contributed by atoms with van der Waals surface area (Å²) in [6.45, 7) is 2.17. The van der Waals surface area contributed by atoms with Gasteiger partial charge < -0.3 is 15.4 Å². The van der Waals surface area contributed by atoms with E-state index < -0.39 is 0 Å². The molecule has 1 aromatic heterocycles. The summed E-state index contributed by atoms with van der Waals surface area (Å²) in [5.41, 5.74) is 1.87. The number of carbonyl (C=O) groups excluding carboxylic acids is 1. The average molecular weight is 289 g/mol. The van der Waals surface area contributed by atoms with Crippen molar-refractivity contribution in [1.82, 2.24) is 20.1 Å². The third-order valence-corrected chi connectivity index (χ3v) is 2.82. The number of methoxy groups -OCH3 is 1. The van der Waals surface area contributed by atoms with Crippen molar-refractivity contribution in [3.05, 3.63) is 42.5 Å². The zero-order valence-electron chi connectivity index (χ0n) is 12.0. The zero-order valence-corrected chi connectivity index (χ0v) is 12.0. The molecule has 0 saturated carbocycles. The van der Waals surface area contributed by atoms with E-state index in [1.807, 2.05) is 24.3 Å². The summed E-state index contributed by atoms with van der Waals surface area (Å²) < 4.78 is 6.64. The van der Waals surface area contributed by atoms with Crippen LogP contribution in [0.4, 0.5) is 5.69 Å². The van der Waals surface area contributed by atoms with E-state index in [0.29, 0.717) is 19.7 Å². The minimum absolute atomic E-state index is 0.0740. The van der Waals surface area contributed by atoms with E-state index in [9.17, 15) is 4.79 Å². The maximum absolute atomic E-state index is 11.7. The monoisotopic (exact) mass is 289 g/mol. The van der Waals surface area contributed by atoms with Crippen molar-refractivity contribution in [2.45, 2.75) is 6.54 Å². The summed E-state index contributed by atoms with van der Waals surface area (Å²) in [6.07, 6.45) is 3.17. The molecule has 1 heterocycles. The highest BCUT2D eigenvalue weighted by Gasteiger charge is 2.02. The lowest BCUT2D eigenvalue weighted by Crippen LogP contribution is -2.30. The molecule has 0 aliphatic rings. The summed E-state index contributed by atoms with van der Waals surface area (Å²) in [5, 5.41) is 9.87. The highest BCUT2D eigenvalue weighted by atomic mass is 16.5. The molecule has 0 unspecified atom stereocenters. The second kappa shape index (κ2) is 8.13. The molecule has 0 spiro atoms. The van der Waals surface area contributed by atoms with Gasteiger partial charge in [0.05, 0.1) is 19.7 Å². The quantitative estimate of drug-likeness (QED) is 0.692. The minimum Gasteiger partial charge on any atom is -0.383 e. The van der Waals surface area contributed by atoms with Crippen LogP contribution in [-0.4, -0.2) is 47.5 Å². The third-order valence-electron chi connectivity index (χ3n) is 2.82. The first-order valence-corrected chi connectivity index (χ1v) is 6.69. The summed E-state index contributed by atoms with van der Waals surface area (Å²) in [5.74, 6) is -0.0740. The van der Waals surface area contributed by atoms with Crippen LogP contribution >= 0.6 is 0 Å². The standard InChI is InChI=1S/C14H19N5O2/c1-21-7-6-15-8-14(20)18-13-4-2-12(3-5-13)9-19-11-16-10-17-19/h2-5,10-11,15H,6-9H2,1H3,(H,18,20). The van der Waals surface area contributed by atoms with Crippen molar-refractivity contribution in [3.63, 3.8) is 0 Å². The largest absolute Gasteiger partial charge is 0.383 e. The normalized spacial score (nSPS) is 10.5. The molecule has 2 N–H and O–H groups in total. The van der Waals surface area contributed by atoms with E-state index in [2.05, 4.69) is 20.7 Å². The number of rotatable bonds is 8. The van der Waals surface area contributed by atoms with Crippen molar-refractivity contribution in [2.24, 2.45) is 0 Å². The van der Waals surface area contributed by atoms with Crippen LogP contribution in [0.1, 0.15) is 5.56 Å². The summed E-state index contributed by atoms with van der Waals surface area (Å²) >= 11 is 0. The molecule has 21 heavy (non-hydrogen) atoms. The molecule has 0 radical (unpaired) electrons. The van der Waals surface area contributed by atoms with Gasteiger partial charge in [0.15, 0.2) is 0 Å². The Kier molecular flexibility index (Phi) is 5.86. The fourth-order valence-electron chi connectivity index (χ4n) is 1.78. The van der Waals surface area contributed by atoms with Crippen LogP contribution in [-0.2, 0) is 16.1 Å². The topological polar surface area (TPSA) is 81.1 Å². The van der Waals surface area contributed by atoms with E-state index in [4.69, 9.17) is 4.74 Å². The highest BCUT2D eigenvalue weighted by Crippen LogP contribution is 2.10. The molecule has 0 saturated heterocycles. The number of anilines is 1. The summed E-state index contributed by atoms with van der Waals surface area (Å²) in [4.78, 5) is 15.6. The van der Waals surface area contributed by atoms with Crippen LogP contribution in [0.25, 0.3) is 0 Å². The highest BCUT2D eigenvalue weighted by molar-refractivity contribution is 5.92. The first-order chi connectivity index (χ1) is 10.3. The van der Waals surface area contributed by atoms with Crippen molar-refractivity contribution in [1.29, 1.82) is 0 Å². The van der Waals surface area contributed by atoms with Gasteiger partial charge in [0, 0.05) is 19.3 Å². The fourth-order valence-corrected chi connectivity index (χ4v) is 1.78. The molecular formula is C14H19N5O2. The van der Waals surface area contributed by atoms with Gasteiger partial charge >= 0.3 is 0 Å². The average Bonchev–Trinajstić information content (AvgIpc) is 2.99. The lowest BCUT2D eigenvalue weighted by Gasteiger charge is -2.07. The van der Waals surface area contributed by atoms with Gasteiger partial charge in [-0.25, -0.2) is 9.67 Å². The van der Waals surface area contributed by atoms with E-state index in [1.165, 1.54) is 6.33 Å². The predicted octanol–water partition coefficient (Wildman–Crippen LogP) is 0.501. The van der Waals surface area contributed by atoms with Crippen LogP contribution in [0, 0.1) is 0 Å². The SMILES string of the molecule is COCCNCC(=O)Nc1ccc(Cn2cncn2)cc1. The zero-order chi connectivity index (χ0) is 14.9. The van der Waals surface area contributed by atoms with Crippen molar-refractivity contribution >= 4 is 11.6 Å². The first-order valence-electron chi connectivity index (χ1n) is 6.69. The molecule has 0 aliphatic carbocycles. The number of nitrogens with zero attached hydrogens (tertiary/aromatic N) is 3. The first kappa shape index (κ1) is 15.1. The molecule has 2 aromatic rings. The van der Waals surface area contributed by atoms with Crippen LogP contribution in [0.5, 0.6) is 0 Å². The maximum atomic E-state index is 11.7. The van der Waals surface area contributed by atoms with Crippen molar-refractivity contribution in [2.75, 3.05) is 32.1 Å². The van der Waals surface area contributed by atoms with Crippen molar-refractivity contribution < 1.29 is 9.53 Å². The minimum atomic E-state index is -0.0740. The Labute approximate surface area is 123 Å². The summed E-state index contributed by atoms with van der Waals surface area (Å²) in [6, 6.07) is 7.66. The molecule has 7 heteroatoms. The Morgan fingerprint density at radius 3 is 2.81 bits per heavy atom. The van der Waals surface area contributed by atoms with Gasteiger partial charge in [-0.05, 0) is 17.7 Å². The molecule has 2 rings (SSSR count). The van der Waals surface area contributed by atoms with Crippen LogP contribution in [0.15, 0.2) is 36.9 Å². The predicted molar refractivity (Wildman–Crippen MR) is 78.9 cm³/mol. The van der Waals surface area contributed by atoms with E-state index in [1.54, 1.807) is 18.1 Å². The van der Waals surface area contributed by atoms with Crippen molar-refractivity contribution in [3.8, 4) is 0 Å². The molecule has 1 aromatic carbocycles. The molecule has 0 fully saturated rings. The fraction of sp³-hybridized carbons (Fsp3) is 0.357. The third kappa shape index (κ3) is 5.33. The Morgan fingerprint density at radius 1 is 1.33 bits per heavy atom. The number of benzene rings is 1. The number of hydrogen-bond donors (Lipinski definition) is 2. The number of carbonyl (C=O) groups is 1. The second-order valence-corrected chi connectivity index (χ2v) is 4.51. The van der Waals surface area contributed by atoms with Gasteiger partial charge in [-0.2, -0.15) is 5.10 Å². The number of ether oxygens (including phenoxy) is 1. The number of nitrogens with one attached hydrogen (secondary N) is 2. The second-order valence-electron chi connectivity index (χ2n) is 4.51. The molecule has 1 amide bonds. The number of hydrogen-bond acceptors (Lipinski definition) is 5. The van der Waals surface area contributed by atoms with Gasteiger partial charge in [0.25, 0.3) is 0 Å². The molecule has 0 bridgehead atoms. The summed E-state index contributed by atoms with van der Waals surface area (Å²) in [7, 11) is 1.63. The smallest absolute Gasteiger partial charge is 0.238 e. The molecule has 7 nitrogen and oxygen atoms in total. The lowest BCUT2D eigenvalue weighted by molar-refractivity contribution is -0.115. The molecular weight excluding hydrogens is 270 g/mol. The van der Waals surface area contributed by atoms with E-state index >= 15 is 0 Å². The van der Waals surface area contributed by atoms with Gasteiger partial charge in [-0.3, -0.25) is 4.79 Å². The van der Waals surface area contributed by atoms with Gasteiger partial charge in [0.2, 0.25) is 5.91 Å². The Morgan fingerprint density at radius 2 is 2.14 bits per heavy atom. The molecule has 112 valence electrons. The van der Waals surface area contributed by atoms with E-state index in [0.717, 1.165) is 11.3 Å². The maximum Gasteiger partial charge on any atom is 0.238 e. The Bertz CT molecular complexity index is 539. The number of aromatic nitrogens is 3. The van der Waals surface area contributed by atoms with Crippen LogP contribution < -0.4 is 10.6 Å². The molecule has 0 aliphatic heterocycles. The van der Waals surface area contributed by atoms with E-state index in [-0.39, 0.29) is 12.5 Å². The lowest BCUT2D eigenvalue weighted by atomic mass is 10.2. The van der Waals surface area contributed by atoms with Gasteiger partial charge in [-0.1, -0.05) is 12.1 Å². The van der Waals surface area contributed by atoms with Gasteiger partial charge in [-0.15, -0.1) is 0 Å². The molecule has 0 atom stereocenters. The Hall–Kier alpha value is -2.25. The number of amides is 1. The Balaban J connectivity index is 1.78. The van der Waals surface area contributed by atoms with Crippen LogP contribution in [0.3, 0.4) is 0 Å². The van der Waals surface area contributed by atoms with Gasteiger partial charge in [0.1, 0.15) is 12.7 Å². The van der Waals surface area contributed by atoms with Crippen LogP contribution in [0.2, 0.25) is 0 Å².